The fourth-order valence-electron chi connectivity index (χ4n) is 4.92. The molecule has 0 radical (unpaired) electrons. The van der Waals surface area contributed by atoms with Gasteiger partial charge in [0.2, 0.25) is 0 Å². The molecule has 0 N–H and O–H groups in total. The Kier molecular flexibility index (Phi) is 6.13. The first-order valence-corrected chi connectivity index (χ1v) is 10.6. The maximum absolute atomic E-state index is 13.1. The molecule has 156 valence electrons. The van der Waals surface area contributed by atoms with Gasteiger partial charge in [0.25, 0.3) is 5.56 Å². The number of nitrogens with zero attached hydrogens (tertiary/aromatic N) is 4. The van der Waals surface area contributed by atoms with Crippen molar-refractivity contribution in [1.82, 2.24) is 19.4 Å². The number of piperidine rings is 1. The van der Waals surface area contributed by atoms with E-state index in [0.29, 0.717) is 25.0 Å². The highest BCUT2D eigenvalue weighted by Gasteiger charge is 2.34. The second kappa shape index (κ2) is 8.78. The summed E-state index contributed by atoms with van der Waals surface area (Å²) in [5.74, 6) is 0.978. The first kappa shape index (κ1) is 20.3. The van der Waals surface area contributed by atoms with Crippen molar-refractivity contribution in [3.05, 3.63) is 63.3 Å². The Hall–Kier alpha value is -2.02. The van der Waals surface area contributed by atoms with Gasteiger partial charge in [-0.25, -0.2) is 0 Å². The van der Waals surface area contributed by atoms with E-state index in [1.807, 2.05) is 25.5 Å². The molecule has 2 bridgehead atoms. The first-order chi connectivity index (χ1) is 14.0. The molecule has 2 atom stereocenters. The van der Waals surface area contributed by atoms with Gasteiger partial charge in [0, 0.05) is 75.9 Å². The smallest absolute Gasteiger partial charge is 0.255 e. The molecule has 6 heteroatoms. The maximum Gasteiger partial charge on any atom is 0.255 e. The fourth-order valence-corrected chi connectivity index (χ4v) is 4.92. The molecule has 4 rings (SSSR count). The van der Waals surface area contributed by atoms with Crippen molar-refractivity contribution in [2.24, 2.45) is 5.92 Å². The van der Waals surface area contributed by atoms with Gasteiger partial charge in [0.1, 0.15) is 0 Å². The fraction of sp³-hybridized carbons (Fsp3) is 0.565. The molecule has 0 aliphatic carbocycles. The maximum atomic E-state index is 13.1. The average molecular weight is 397 g/mol. The zero-order valence-electron chi connectivity index (χ0n) is 17.8. The van der Waals surface area contributed by atoms with Crippen LogP contribution in [0, 0.1) is 12.8 Å². The molecule has 2 aromatic rings. The second-order valence-corrected chi connectivity index (χ2v) is 8.79. The molecule has 0 amide bonds. The van der Waals surface area contributed by atoms with Gasteiger partial charge >= 0.3 is 0 Å². The lowest BCUT2D eigenvalue weighted by Gasteiger charge is -2.43. The zero-order chi connectivity index (χ0) is 20.4. The monoisotopic (exact) mass is 396 g/mol. The van der Waals surface area contributed by atoms with E-state index in [0.717, 1.165) is 38.3 Å². The summed E-state index contributed by atoms with van der Waals surface area (Å²) < 4.78 is 7.21. The van der Waals surface area contributed by atoms with Crippen molar-refractivity contribution >= 4 is 0 Å². The van der Waals surface area contributed by atoms with Crippen LogP contribution in [0.1, 0.15) is 34.7 Å². The predicted octanol–water partition coefficient (Wildman–Crippen LogP) is 2.25. The molecular formula is C23H32N4O2. The molecular weight excluding hydrogens is 364 g/mol. The van der Waals surface area contributed by atoms with Crippen LogP contribution in [0.15, 0.2) is 35.4 Å². The van der Waals surface area contributed by atoms with E-state index in [1.54, 1.807) is 7.11 Å². The number of aromatic nitrogens is 2. The largest absolute Gasteiger partial charge is 0.383 e. The van der Waals surface area contributed by atoms with Crippen molar-refractivity contribution in [3.8, 4) is 0 Å². The van der Waals surface area contributed by atoms with E-state index in [-0.39, 0.29) is 5.56 Å². The number of hydrogen-bond acceptors (Lipinski definition) is 5. The predicted molar refractivity (Wildman–Crippen MR) is 114 cm³/mol. The topological polar surface area (TPSA) is 50.6 Å². The summed E-state index contributed by atoms with van der Waals surface area (Å²) in [6, 6.07) is 6.46. The van der Waals surface area contributed by atoms with Crippen LogP contribution in [0.3, 0.4) is 0 Å². The van der Waals surface area contributed by atoms with Crippen molar-refractivity contribution in [3.63, 3.8) is 0 Å². The van der Waals surface area contributed by atoms with Crippen LogP contribution in [-0.4, -0.2) is 59.7 Å². The molecule has 1 saturated heterocycles. The van der Waals surface area contributed by atoms with Crippen molar-refractivity contribution in [2.45, 2.75) is 38.9 Å². The van der Waals surface area contributed by atoms with Crippen LogP contribution in [0.2, 0.25) is 0 Å². The van der Waals surface area contributed by atoms with Gasteiger partial charge in [-0.05, 0) is 43.5 Å². The van der Waals surface area contributed by atoms with E-state index in [2.05, 4.69) is 38.4 Å². The van der Waals surface area contributed by atoms with Crippen LogP contribution in [-0.2, 0) is 24.4 Å². The lowest BCUT2D eigenvalue weighted by Crippen LogP contribution is -2.47. The number of likely N-dealkylation sites (N-methyl/N-ethyl adjacent to an activating group) is 1. The molecule has 0 unspecified atom stereocenters. The lowest BCUT2D eigenvalue weighted by molar-refractivity contribution is 0.114. The number of fused-ring (bicyclic) bond motifs is 4. The van der Waals surface area contributed by atoms with Gasteiger partial charge in [-0.3, -0.25) is 19.6 Å². The van der Waals surface area contributed by atoms with E-state index < -0.39 is 0 Å². The van der Waals surface area contributed by atoms with E-state index in [9.17, 15) is 4.79 Å². The Balaban J connectivity index is 1.49. The third-order valence-electron chi connectivity index (χ3n) is 6.21. The molecule has 29 heavy (non-hydrogen) atoms. The molecule has 0 saturated carbocycles. The Labute approximate surface area is 173 Å². The van der Waals surface area contributed by atoms with Crippen molar-refractivity contribution < 1.29 is 4.74 Å². The van der Waals surface area contributed by atoms with Gasteiger partial charge in [0.05, 0.1) is 6.61 Å². The van der Waals surface area contributed by atoms with Crippen molar-refractivity contribution in [2.75, 3.05) is 40.4 Å². The third-order valence-corrected chi connectivity index (χ3v) is 6.21. The van der Waals surface area contributed by atoms with Gasteiger partial charge in [-0.15, -0.1) is 0 Å². The molecule has 1 fully saturated rings. The number of pyridine rings is 2. The second-order valence-electron chi connectivity index (χ2n) is 8.79. The number of hydrogen-bond donors (Lipinski definition) is 0. The van der Waals surface area contributed by atoms with Gasteiger partial charge in [-0.2, -0.15) is 0 Å². The van der Waals surface area contributed by atoms with E-state index in [1.165, 1.54) is 23.2 Å². The Morgan fingerprint density at radius 1 is 1.24 bits per heavy atom. The molecule has 2 aliphatic rings. The number of methoxy groups -OCH3 is 1. The summed E-state index contributed by atoms with van der Waals surface area (Å²) in [6.45, 7) is 8.10. The highest BCUT2D eigenvalue weighted by molar-refractivity contribution is 5.23. The summed E-state index contributed by atoms with van der Waals surface area (Å²) in [7, 11) is 3.74. The molecule has 2 aromatic heterocycles. The lowest BCUT2D eigenvalue weighted by atomic mass is 9.83. The van der Waals surface area contributed by atoms with Crippen LogP contribution < -0.4 is 5.56 Å². The highest BCUT2D eigenvalue weighted by atomic mass is 16.5. The molecule has 6 nitrogen and oxygen atoms in total. The van der Waals surface area contributed by atoms with Crippen LogP contribution in [0.25, 0.3) is 0 Å². The minimum atomic E-state index is 0.192. The Morgan fingerprint density at radius 2 is 2.10 bits per heavy atom. The number of ether oxygens (including phenoxy) is 1. The first-order valence-electron chi connectivity index (χ1n) is 10.6. The van der Waals surface area contributed by atoms with Gasteiger partial charge in [-0.1, -0.05) is 12.1 Å². The summed E-state index contributed by atoms with van der Waals surface area (Å²) in [5.41, 5.74) is 4.77. The molecule has 2 aliphatic heterocycles. The van der Waals surface area contributed by atoms with Crippen molar-refractivity contribution in [1.29, 1.82) is 0 Å². The summed E-state index contributed by atoms with van der Waals surface area (Å²) in [6.07, 6.45) is 5.07. The number of likely N-dealkylation sites (tertiary alicyclic amines) is 1. The Morgan fingerprint density at radius 3 is 2.90 bits per heavy atom. The third kappa shape index (κ3) is 4.60. The van der Waals surface area contributed by atoms with Crippen LogP contribution in [0.4, 0.5) is 0 Å². The minimum absolute atomic E-state index is 0.192. The number of aryl methyl sites for hydroxylation is 1. The molecule has 0 spiro atoms. The van der Waals surface area contributed by atoms with E-state index in [4.69, 9.17) is 4.74 Å². The van der Waals surface area contributed by atoms with E-state index >= 15 is 0 Å². The highest BCUT2D eigenvalue weighted by Crippen LogP contribution is 2.35. The standard InChI is InChI=1S/C23H32N4O2/c1-17-8-18(11-24-10-17)12-26-13-19-9-21(16-26)22-5-4-20(23(28)27(22)14-19)15-25(2)6-7-29-3/h4-5,8,10-11,19,21H,6-7,9,12-16H2,1-3H3/t19-,21+/m0/s1. The minimum Gasteiger partial charge on any atom is -0.383 e. The summed E-state index contributed by atoms with van der Waals surface area (Å²) in [4.78, 5) is 22.2. The average Bonchev–Trinajstić information content (AvgIpc) is 2.69. The zero-order valence-corrected chi connectivity index (χ0v) is 17.8. The normalized spacial score (nSPS) is 21.4. The molecule has 0 aromatic carbocycles. The Bertz CT molecular complexity index is 910. The summed E-state index contributed by atoms with van der Waals surface area (Å²) in [5, 5.41) is 0. The van der Waals surface area contributed by atoms with Crippen LogP contribution >= 0.6 is 0 Å². The quantitative estimate of drug-likeness (QED) is 0.719. The SMILES string of the molecule is COCCN(C)Cc1ccc2n(c1=O)C[C@H]1C[C@@H]2CN(Cc2cncc(C)c2)C1. The van der Waals surface area contributed by atoms with Gasteiger partial charge in [0.15, 0.2) is 0 Å². The van der Waals surface area contributed by atoms with Gasteiger partial charge < -0.3 is 9.30 Å². The molecule has 4 heterocycles. The summed E-state index contributed by atoms with van der Waals surface area (Å²) >= 11 is 0. The number of rotatable bonds is 7. The van der Waals surface area contributed by atoms with Crippen LogP contribution in [0.5, 0.6) is 0 Å².